The molecule has 0 amide bonds. The van der Waals surface area contributed by atoms with Crippen LogP contribution in [0.2, 0.25) is 0 Å². The Kier molecular flexibility index (Phi) is 3.66. The number of aryl methyl sites for hydroxylation is 1. The number of rotatable bonds is 4. The van der Waals surface area contributed by atoms with Crippen LogP contribution in [0.5, 0.6) is 0 Å². The van der Waals surface area contributed by atoms with E-state index in [0.29, 0.717) is 30.1 Å². The lowest BCUT2D eigenvalue weighted by Crippen LogP contribution is -2.35. The van der Waals surface area contributed by atoms with Gasteiger partial charge in [0.05, 0.1) is 5.54 Å². The third-order valence-corrected chi connectivity index (χ3v) is 3.41. The molecule has 1 heterocycles. The molecule has 1 aromatic carbocycles. The monoisotopic (exact) mass is 263 g/mol. The van der Waals surface area contributed by atoms with E-state index in [1.54, 1.807) is 0 Å². The first-order valence-electron chi connectivity index (χ1n) is 6.39. The first kappa shape index (κ1) is 13.7. The zero-order chi connectivity index (χ0) is 14.0. The van der Waals surface area contributed by atoms with Crippen LogP contribution in [0, 0.1) is 12.7 Å². The Morgan fingerprint density at radius 1 is 1.26 bits per heavy atom. The van der Waals surface area contributed by atoms with Crippen molar-refractivity contribution in [2.75, 3.05) is 0 Å². The Morgan fingerprint density at radius 2 is 1.95 bits per heavy atom. The summed E-state index contributed by atoms with van der Waals surface area (Å²) in [6.45, 7) is 5.76. The molecule has 102 valence electrons. The maximum Gasteiger partial charge on any atom is 0.247 e. The second-order valence-corrected chi connectivity index (χ2v) is 4.80. The van der Waals surface area contributed by atoms with Gasteiger partial charge in [0, 0.05) is 5.56 Å². The molecule has 2 rings (SSSR count). The van der Waals surface area contributed by atoms with E-state index in [-0.39, 0.29) is 5.82 Å². The number of hydrogen-bond donors (Lipinski definition) is 1. The number of nitrogens with two attached hydrogens (primary N) is 1. The topological polar surface area (TPSA) is 64.9 Å². The van der Waals surface area contributed by atoms with Gasteiger partial charge in [-0.25, -0.2) is 4.39 Å². The van der Waals surface area contributed by atoms with Crippen LogP contribution >= 0.6 is 0 Å². The van der Waals surface area contributed by atoms with Gasteiger partial charge in [0.2, 0.25) is 11.7 Å². The van der Waals surface area contributed by atoms with E-state index in [4.69, 9.17) is 10.3 Å². The minimum Gasteiger partial charge on any atom is -0.337 e. The van der Waals surface area contributed by atoms with Crippen LogP contribution in [0.15, 0.2) is 22.7 Å². The van der Waals surface area contributed by atoms with Gasteiger partial charge in [-0.1, -0.05) is 19.0 Å². The minimum absolute atomic E-state index is 0.314. The summed E-state index contributed by atoms with van der Waals surface area (Å²) in [5, 5.41) is 3.90. The lowest BCUT2D eigenvalue weighted by atomic mass is 9.94. The maximum atomic E-state index is 13.4. The summed E-state index contributed by atoms with van der Waals surface area (Å²) in [5.41, 5.74) is 6.99. The Hall–Kier alpha value is -1.75. The summed E-state index contributed by atoms with van der Waals surface area (Å²) in [7, 11) is 0. The van der Waals surface area contributed by atoms with Crippen molar-refractivity contribution in [2.24, 2.45) is 5.73 Å². The Morgan fingerprint density at radius 3 is 2.53 bits per heavy atom. The average molecular weight is 263 g/mol. The summed E-state index contributed by atoms with van der Waals surface area (Å²) in [5.74, 6) is 0.454. The molecule has 0 saturated carbocycles. The smallest absolute Gasteiger partial charge is 0.247 e. The summed E-state index contributed by atoms with van der Waals surface area (Å²) in [4.78, 5) is 4.31. The lowest BCUT2D eigenvalue weighted by molar-refractivity contribution is 0.268. The molecular weight excluding hydrogens is 245 g/mol. The van der Waals surface area contributed by atoms with E-state index in [2.05, 4.69) is 10.1 Å². The number of benzene rings is 1. The van der Waals surface area contributed by atoms with Gasteiger partial charge in [-0.05, 0) is 43.5 Å². The molecule has 0 aliphatic carbocycles. The Balaban J connectivity index is 2.40. The molecule has 0 atom stereocenters. The van der Waals surface area contributed by atoms with Gasteiger partial charge < -0.3 is 10.3 Å². The van der Waals surface area contributed by atoms with Crippen molar-refractivity contribution in [1.29, 1.82) is 0 Å². The van der Waals surface area contributed by atoms with E-state index in [0.717, 1.165) is 5.56 Å². The van der Waals surface area contributed by atoms with Crippen LogP contribution in [-0.2, 0) is 5.54 Å². The number of hydrogen-bond acceptors (Lipinski definition) is 4. The number of halogens is 1. The van der Waals surface area contributed by atoms with Gasteiger partial charge in [0.15, 0.2) is 0 Å². The predicted molar refractivity (Wildman–Crippen MR) is 70.9 cm³/mol. The average Bonchev–Trinajstić information content (AvgIpc) is 2.87. The third-order valence-electron chi connectivity index (χ3n) is 3.41. The molecular formula is C14H18FN3O. The van der Waals surface area contributed by atoms with E-state index in [9.17, 15) is 4.39 Å². The van der Waals surface area contributed by atoms with E-state index in [1.807, 2.05) is 26.8 Å². The predicted octanol–water partition coefficient (Wildman–Crippen LogP) is 3.16. The fourth-order valence-electron chi connectivity index (χ4n) is 1.96. The van der Waals surface area contributed by atoms with E-state index in [1.165, 1.54) is 12.1 Å². The SMILES string of the molecule is CCC(N)(CC)c1nc(-c2cc(C)cc(F)c2)no1. The normalized spacial score (nSPS) is 11.8. The largest absolute Gasteiger partial charge is 0.337 e. The summed E-state index contributed by atoms with van der Waals surface area (Å²) >= 11 is 0. The summed E-state index contributed by atoms with van der Waals surface area (Å²) in [6, 6.07) is 4.65. The molecule has 0 fully saturated rings. The molecule has 2 N–H and O–H groups in total. The van der Waals surface area contributed by atoms with Gasteiger partial charge in [0.25, 0.3) is 0 Å². The van der Waals surface area contributed by atoms with Gasteiger partial charge in [-0.2, -0.15) is 4.98 Å². The highest BCUT2D eigenvalue weighted by Gasteiger charge is 2.30. The molecule has 19 heavy (non-hydrogen) atoms. The Bertz CT molecular complexity index is 556. The zero-order valence-corrected chi connectivity index (χ0v) is 11.4. The van der Waals surface area contributed by atoms with Crippen molar-refractivity contribution < 1.29 is 8.91 Å². The summed E-state index contributed by atoms with van der Waals surface area (Å²) in [6.07, 6.45) is 1.40. The molecule has 1 aromatic heterocycles. The van der Waals surface area contributed by atoms with Crippen LogP contribution in [0.25, 0.3) is 11.4 Å². The molecule has 0 saturated heterocycles. The summed E-state index contributed by atoms with van der Waals surface area (Å²) < 4.78 is 18.6. The van der Waals surface area contributed by atoms with Crippen molar-refractivity contribution in [3.63, 3.8) is 0 Å². The highest BCUT2D eigenvalue weighted by Crippen LogP contribution is 2.27. The van der Waals surface area contributed by atoms with Crippen molar-refractivity contribution in [3.05, 3.63) is 35.5 Å². The maximum absolute atomic E-state index is 13.4. The molecule has 4 nitrogen and oxygen atoms in total. The van der Waals surface area contributed by atoms with Crippen LogP contribution in [-0.4, -0.2) is 10.1 Å². The van der Waals surface area contributed by atoms with Crippen molar-refractivity contribution >= 4 is 0 Å². The first-order chi connectivity index (χ1) is 8.98. The fourth-order valence-corrected chi connectivity index (χ4v) is 1.96. The highest BCUT2D eigenvalue weighted by molar-refractivity contribution is 5.55. The van der Waals surface area contributed by atoms with Gasteiger partial charge >= 0.3 is 0 Å². The molecule has 0 unspecified atom stereocenters. The molecule has 0 bridgehead atoms. The van der Waals surface area contributed by atoms with Crippen molar-refractivity contribution in [3.8, 4) is 11.4 Å². The van der Waals surface area contributed by atoms with Gasteiger partial charge in [0.1, 0.15) is 5.82 Å². The molecule has 0 aliphatic heterocycles. The molecule has 5 heteroatoms. The molecule has 0 radical (unpaired) electrons. The van der Waals surface area contributed by atoms with Gasteiger partial charge in [-0.15, -0.1) is 0 Å². The van der Waals surface area contributed by atoms with Crippen LogP contribution in [0.1, 0.15) is 38.1 Å². The fraction of sp³-hybridized carbons (Fsp3) is 0.429. The second-order valence-electron chi connectivity index (χ2n) is 4.80. The number of nitrogens with zero attached hydrogens (tertiary/aromatic N) is 2. The van der Waals surface area contributed by atoms with Crippen molar-refractivity contribution in [2.45, 2.75) is 39.2 Å². The molecule has 0 aliphatic rings. The quantitative estimate of drug-likeness (QED) is 0.920. The van der Waals surface area contributed by atoms with Crippen molar-refractivity contribution in [1.82, 2.24) is 10.1 Å². The standard InChI is InChI=1S/C14H18FN3O/c1-4-14(16,5-2)13-17-12(18-19-13)10-6-9(3)7-11(15)8-10/h6-8H,4-5,16H2,1-3H3. The first-order valence-corrected chi connectivity index (χ1v) is 6.39. The molecule has 2 aromatic rings. The second kappa shape index (κ2) is 5.09. The minimum atomic E-state index is -0.617. The van der Waals surface area contributed by atoms with Crippen LogP contribution in [0.3, 0.4) is 0 Å². The zero-order valence-electron chi connectivity index (χ0n) is 11.4. The van der Waals surface area contributed by atoms with E-state index < -0.39 is 5.54 Å². The number of aromatic nitrogens is 2. The third kappa shape index (κ3) is 2.66. The Labute approximate surface area is 111 Å². The van der Waals surface area contributed by atoms with Crippen LogP contribution < -0.4 is 5.73 Å². The lowest BCUT2D eigenvalue weighted by Gasteiger charge is -2.20. The molecule has 0 spiro atoms. The van der Waals surface area contributed by atoms with Crippen LogP contribution in [0.4, 0.5) is 4.39 Å². The van der Waals surface area contributed by atoms with Gasteiger partial charge in [-0.3, -0.25) is 0 Å². The van der Waals surface area contributed by atoms with E-state index >= 15 is 0 Å². The highest BCUT2D eigenvalue weighted by atomic mass is 19.1.